The Bertz CT molecular complexity index is 721. The monoisotopic (exact) mass is 313 g/mol. The second-order valence-corrected chi connectivity index (χ2v) is 6.34. The average molecular weight is 313 g/mol. The summed E-state index contributed by atoms with van der Waals surface area (Å²) in [6.45, 7) is 3.64. The summed E-state index contributed by atoms with van der Waals surface area (Å²) >= 11 is 0. The number of aromatic nitrogens is 2. The molecule has 1 atom stereocenters. The van der Waals surface area contributed by atoms with Crippen LogP contribution in [0.3, 0.4) is 0 Å². The number of rotatable bonds is 5. The Morgan fingerprint density at radius 3 is 2.96 bits per heavy atom. The number of hydrogen-bond donors (Lipinski definition) is 2. The molecule has 122 valence electrons. The molecular formula is C18H23N3O2. The lowest BCUT2D eigenvalue weighted by atomic mass is 9.82. The van der Waals surface area contributed by atoms with E-state index < -0.39 is 5.97 Å². The molecule has 1 aliphatic carbocycles. The van der Waals surface area contributed by atoms with E-state index in [1.54, 1.807) is 6.07 Å². The number of carboxylic acids is 1. The Kier molecular flexibility index (Phi) is 4.48. The molecule has 2 N–H and O–H groups in total. The van der Waals surface area contributed by atoms with Crippen LogP contribution in [0.15, 0.2) is 24.3 Å². The summed E-state index contributed by atoms with van der Waals surface area (Å²) in [5.41, 5.74) is 5.07. The fourth-order valence-electron chi connectivity index (χ4n) is 3.45. The van der Waals surface area contributed by atoms with Crippen LogP contribution in [0.4, 0.5) is 0 Å². The van der Waals surface area contributed by atoms with Gasteiger partial charge in [0.15, 0.2) is 0 Å². The molecular weight excluding hydrogens is 290 g/mol. The molecule has 0 radical (unpaired) electrons. The summed E-state index contributed by atoms with van der Waals surface area (Å²) in [5.74, 6) is -0.470. The van der Waals surface area contributed by atoms with Crippen molar-refractivity contribution < 1.29 is 9.90 Å². The van der Waals surface area contributed by atoms with Crippen molar-refractivity contribution in [3.8, 4) is 0 Å². The van der Waals surface area contributed by atoms with Crippen molar-refractivity contribution in [2.45, 2.75) is 38.6 Å². The van der Waals surface area contributed by atoms with Crippen LogP contribution in [0.5, 0.6) is 0 Å². The lowest BCUT2D eigenvalue weighted by Crippen LogP contribution is -2.25. The number of carboxylic acid groups (broad SMARTS) is 1. The Morgan fingerprint density at radius 1 is 1.43 bits per heavy atom. The van der Waals surface area contributed by atoms with Crippen LogP contribution < -0.4 is 5.32 Å². The summed E-state index contributed by atoms with van der Waals surface area (Å²) in [6.07, 6.45) is 3.32. The van der Waals surface area contributed by atoms with Gasteiger partial charge in [0.2, 0.25) is 0 Å². The molecule has 1 aromatic carbocycles. The van der Waals surface area contributed by atoms with E-state index in [1.807, 2.05) is 30.8 Å². The molecule has 23 heavy (non-hydrogen) atoms. The van der Waals surface area contributed by atoms with Gasteiger partial charge in [0, 0.05) is 20.1 Å². The first-order chi connectivity index (χ1) is 11.0. The maximum absolute atomic E-state index is 11.2. The van der Waals surface area contributed by atoms with Gasteiger partial charge in [-0.3, -0.25) is 4.68 Å². The predicted octanol–water partition coefficient (Wildman–Crippen LogP) is 2.64. The van der Waals surface area contributed by atoms with Gasteiger partial charge in [-0.2, -0.15) is 5.10 Å². The van der Waals surface area contributed by atoms with E-state index >= 15 is 0 Å². The lowest BCUT2D eigenvalue weighted by Gasteiger charge is -2.26. The molecule has 1 unspecified atom stereocenters. The van der Waals surface area contributed by atoms with Gasteiger partial charge < -0.3 is 10.4 Å². The van der Waals surface area contributed by atoms with Gasteiger partial charge in [-0.05, 0) is 61.4 Å². The highest BCUT2D eigenvalue weighted by atomic mass is 16.4. The molecule has 1 aliphatic rings. The van der Waals surface area contributed by atoms with Crippen LogP contribution in [-0.4, -0.2) is 27.4 Å². The Balaban J connectivity index is 1.69. The zero-order valence-electron chi connectivity index (χ0n) is 13.7. The summed E-state index contributed by atoms with van der Waals surface area (Å²) in [4.78, 5) is 11.2. The van der Waals surface area contributed by atoms with Gasteiger partial charge in [-0.1, -0.05) is 6.07 Å². The number of fused-ring (bicyclic) bond motifs is 1. The van der Waals surface area contributed by atoms with Crippen molar-refractivity contribution in [2.75, 3.05) is 6.54 Å². The molecule has 0 amide bonds. The van der Waals surface area contributed by atoms with E-state index in [9.17, 15) is 9.90 Å². The van der Waals surface area contributed by atoms with Crippen LogP contribution >= 0.6 is 0 Å². The molecule has 5 nitrogen and oxygen atoms in total. The maximum atomic E-state index is 11.2. The second kappa shape index (κ2) is 6.54. The fourth-order valence-corrected chi connectivity index (χ4v) is 3.45. The number of nitrogens with zero attached hydrogens (tertiary/aromatic N) is 2. The van der Waals surface area contributed by atoms with E-state index in [2.05, 4.69) is 16.5 Å². The number of aryl methyl sites for hydroxylation is 3. The minimum absolute atomic E-state index is 0.382. The summed E-state index contributed by atoms with van der Waals surface area (Å²) < 4.78 is 1.90. The molecule has 5 heteroatoms. The van der Waals surface area contributed by atoms with E-state index in [0.717, 1.165) is 43.7 Å². The first-order valence-electron chi connectivity index (χ1n) is 8.11. The quantitative estimate of drug-likeness (QED) is 0.890. The van der Waals surface area contributed by atoms with Crippen molar-refractivity contribution in [2.24, 2.45) is 7.05 Å². The summed E-state index contributed by atoms with van der Waals surface area (Å²) in [6, 6.07) is 7.65. The molecule has 0 aliphatic heterocycles. The van der Waals surface area contributed by atoms with Crippen molar-refractivity contribution in [1.29, 1.82) is 0 Å². The van der Waals surface area contributed by atoms with Crippen molar-refractivity contribution >= 4 is 5.97 Å². The Morgan fingerprint density at radius 2 is 2.26 bits per heavy atom. The molecule has 0 saturated carbocycles. The topological polar surface area (TPSA) is 67.2 Å². The predicted molar refractivity (Wildman–Crippen MR) is 88.7 cm³/mol. The Hall–Kier alpha value is -2.14. The largest absolute Gasteiger partial charge is 0.478 e. The molecule has 3 rings (SSSR count). The highest BCUT2D eigenvalue weighted by Crippen LogP contribution is 2.32. The number of nitrogens with one attached hydrogen (secondary N) is 1. The number of hydrogen-bond acceptors (Lipinski definition) is 3. The average Bonchev–Trinajstić information content (AvgIpc) is 2.85. The number of benzene rings is 1. The van der Waals surface area contributed by atoms with Gasteiger partial charge in [0.05, 0.1) is 17.0 Å². The molecule has 2 aromatic rings. The minimum atomic E-state index is -0.851. The zero-order valence-corrected chi connectivity index (χ0v) is 13.7. The fraction of sp³-hybridized carbons (Fsp3) is 0.444. The first kappa shape index (κ1) is 15.7. The SMILES string of the molecule is Cc1cc(CNCC2CCCc3ccc(C(=O)O)cc32)n(C)n1. The highest BCUT2D eigenvalue weighted by molar-refractivity contribution is 5.88. The van der Waals surface area contributed by atoms with Crippen LogP contribution in [-0.2, 0) is 20.0 Å². The third-order valence-electron chi connectivity index (χ3n) is 4.63. The lowest BCUT2D eigenvalue weighted by molar-refractivity contribution is 0.0696. The smallest absolute Gasteiger partial charge is 0.335 e. The number of aromatic carboxylic acids is 1. The van der Waals surface area contributed by atoms with Crippen LogP contribution in [0.1, 0.15) is 51.6 Å². The van der Waals surface area contributed by atoms with Crippen molar-refractivity contribution in [3.05, 3.63) is 52.3 Å². The molecule has 0 bridgehead atoms. The van der Waals surface area contributed by atoms with E-state index in [4.69, 9.17) is 0 Å². The van der Waals surface area contributed by atoms with Gasteiger partial charge in [-0.15, -0.1) is 0 Å². The van der Waals surface area contributed by atoms with Gasteiger partial charge >= 0.3 is 5.97 Å². The van der Waals surface area contributed by atoms with Gasteiger partial charge in [0.1, 0.15) is 0 Å². The van der Waals surface area contributed by atoms with E-state index in [0.29, 0.717) is 11.5 Å². The molecule has 1 heterocycles. The molecule has 0 fully saturated rings. The Labute approximate surface area is 136 Å². The summed E-state index contributed by atoms with van der Waals surface area (Å²) in [7, 11) is 1.96. The second-order valence-electron chi connectivity index (χ2n) is 6.34. The third-order valence-corrected chi connectivity index (χ3v) is 4.63. The van der Waals surface area contributed by atoms with E-state index in [-0.39, 0.29) is 0 Å². The zero-order chi connectivity index (χ0) is 16.4. The highest BCUT2D eigenvalue weighted by Gasteiger charge is 2.21. The summed E-state index contributed by atoms with van der Waals surface area (Å²) in [5, 5.41) is 17.1. The minimum Gasteiger partial charge on any atom is -0.478 e. The van der Waals surface area contributed by atoms with Crippen LogP contribution in [0.25, 0.3) is 0 Å². The van der Waals surface area contributed by atoms with Gasteiger partial charge in [0.25, 0.3) is 0 Å². The number of carbonyl (C=O) groups is 1. The van der Waals surface area contributed by atoms with Crippen LogP contribution in [0.2, 0.25) is 0 Å². The van der Waals surface area contributed by atoms with E-state index in [1.165, 1.54) is 11.1 Å². The maximum Gasteiger partial charge on any atom is 0.335 e. The van der Waals surface area contributed by atoms with Crippen molar-refractivity contribution in [1.82, 2.24) is 15.1 Å². The molecule has 0 spiro atoms. The molecule has 0 saturated heterocycles. The standard InChI is InChI=1S/C18H23N3O2/c1-12-8-16(21(2)20-12)11-19-10-15-5-3-4-13-6-7-14(18(22)23)9-17(13)15/h6-9,15,19H,3-5,10-11H2,1-2H3,(H,22,23). The first-order valence-corrected chi connectivity index (χ1v) is 8.11. The normalized spacial score (nSPS) is 17.0. The third kappa shape index (κ3) is 3.45. The van der Waals surface area contributed by atoms with Crippen molar-refractivity contribution in [3.63, 3.8) is 0 Å². The van der Waals surface area contributed by atoms with Crippen LogP contribution in [0, 0.1) is 6.92 Å². The van der Waals surface area contributed by atoms with Gasteiger partial charge in [-0.25, -0.2) is 4.79 Å². The molecule has 1 aromatic heterocycles.